The Balaban J connectivity index is 2.18. The molecule has 0 bridgehead atoms. The van der Waals surface area contributed by atoms with E-state index in [9.17, 15) is 0 Å². The van der Waals surface area contributed by atoms with Gasteiger partial charge < -0.3 is 4.74 Å². The third-order valence-corrected chi connectivity index (χ3v) is 2.82. The minimum absolute atomic E-state index is 0.433. The summed E-state index contributed by atoms with van der Waals surface area (Å²) in [4.78, 5) is 0. The summed E-state index contributed by atoms with van der Waals surface area (Å²) >= 11 is 4.13. The van der Waals surface area contributed by atoms with Crippen LogP contribution < -0.4 is 0 Å². The summed E-state index contributed by atoms with van der Waals surface area (Å²) in [5.74, 6) is 1.17. The first kappa shape index (κ1) is 5.18. The van der Waals surface area contributed by atoms with Crippen molar-refractivity contribution in [3.63, 3.8) is 0 Å². The van der Waals surface area contributed by atoms with E-state index in [-0.39, 0.29) is 0 Å². The fraction of sp³-hybridized carbons (Fsp3) is 1.00. The molecule has 1 nitrogen and oxygen atoms in total. The maximum Gasteiger partial charge on any atom is 0.154 e. The van der Waals surface area contributed by atoms with Crippen molar-refractivity contribution in [3.8, 4) is 0 Å². The molecule has 0 aromatic rings. The lowest BCUT2D eigenvalue weighted by molar-refractivity contribution is 0.206. The molecule has 1 aliphatic rings. The van der Waals surface area contributed by atoms with Crippen LogP contribution in [0.2, 0.25) is 0 Å². The maximum absolute atomic E-state index is 5.10. The smallest absolute Gasteiger partial charge is 0.154 e. The molecule has 36 valence electrons. The number of ether oxygens (including phenoxy) is 1. The van der Waals surface area contributed by atoms with Gasteiger partial charge >= 0.3 is 0 Å². The van der Waals surface area contributed by atoms with Crippen molar-refractivity contribution in [3.05, 3.63) is 0 Å². The van der Waals surface area contributed by atoms with Gasteiger partial charge in [0.25, 0.3) is 0 Å². The highest BCUT2D eigenvalue weighted by Gasteiger charge is 2.09. The maximum atomic E-state index is 5.10. The highest BCUT2D eigenvalue weighted by Crippen LogP contribution is 2.24. The minimum atomic E-state index is 0.433. The Morgan fingerprint density at radius 1 is 1.83 bits per heavy atom. The summed E-state index contributed by atoms with van der Waals surface area (Å²) in [7, 11) is 0. The molecule has 0 aromatic carbocycles. The summed E-state index contributed by atoms with van der Waals surface area (Å²) < 4.78 is 5.54. The van der Waals surface area contributed by atoms with E-state index < -0.39 is 0 Å². The van der Waals surface area contributed by atoms with Crippen molar-refractivity contribution in [2.45, 2.75) is 3.44 Å². The van der Waals surface area contributed by atoms with Gasteiger partial charge in [0.05, 0.1) is 6.61 Å². The van der Waals surface area contributed by atoms with Crippen molar-refractivity contribution < 1.29 is 4.74 Å². The molecule has 3 heteroatoms. The Hall–Kier alpha value is 1.04. The third kappa shape index (κ3) is 1.27. The van der Waals surface area contributed by atoms with Crippen molar-refractivity contribution >= 4 is 34.4 Å². The number of rotatable bonds is 0. The normalized spacial score (nSPS) is 34.5. The lowest BCUT2D eigenvalue weighted by Gasteiger charge is -1.91. The second-order valence-electron chi connectivity index (χ2n) is 1.02. The standard InChI is InChI=1S/C3H5IOS/c4-3-5-1-2-6-3/h3H,1-2H2. The number of hydrogen-bond acceptors (Lipinski definition) is 2. The molecule has 0 amide bonds. The third-order valence-electron chi connectivity index (χ3n) is 0.581. The molecule has 0 radical (unpaired) electrons. The predicted molar refractivity (Wildman–Crippen MR) is 36.2 cm³/mol. The molecule has 1 fully saturated rings. The van der Waals surface area contributed by atoms with Gasteiger partial charge in [-0.1, -0.05) is 0 Å². The van der Waals surface area contributed by atoms with E-state index in [4.69, 9.17) is 4.74 Å². The quantitative estimate of drug-likeness (QED) is 0.448. The lowest BCUT2D eigenvalue weighted by atomic mass is 10.9. The zero-order valence-corrected chi connectivity index (χ0v) is 6.16. The van der Waals surface area contributed by atoms with Crippen LogP contribution in [-0.2, 0) is 4.74 Å². The first-order valence-corrected chi connectivity index (χ1v) is 4.06. The second kappa shape index (κ2) is 2.37. The van der Waals surface area contributed by atoms with Gasteiger partial charge in [0.1, 0.15) is 0 Å². The highest BCUT2D eigenvalue weighted by molar-refractivity contribution is 14.1. The van der Waals surface area contributed by atoms with Crippen LogP contribution in [0.25, 0.3) is 0 Å². The Labute approximate surface area is 55.0 Å². The van der Waals surface area contributed by atoms with Crippen LogP contribution in [0.5, 0.6) is 0 Å². The van der Waals surface area contributed by atoms with Crippen molar-refractivity contribution in [1.29, 1.82) is 0 Å². The topological polar surface area (TPSA) is 9.23 Å². The zero-order valence-electron chi connectivity index (χ0n) is 3.19. The lowest BCUT2D eigenvalue weighted by Crippen LogP contribution is -1.85. The van der Waals surface area contributed by atoms with Gasteiger partial charge in [-0.25, -0.2) is 0 Å². The molecule has 0 N–H and O–H groups in total. The molecule has 0 aromatic heterocycles. The van der Waals surface area contributed by atoms with Crippen LogP contribution >= 0.6 is 34.4 Å². The minimum Gasteiger partial charge on any atom is -0.357 e. The largest absolute Gasteiger partial charge is 0.357 e. The molecule has 6 heavy (non-hydrogen) atoms. The summed E-state index contributed by atoms with van der Waals surface area (Å²) in [5.41, 5.74) is 0. The van der Waals surface area contributed by atoms with Gasteiger partial charge in [-0.15, -0.1) is 11.8 Å². The van der Waals surface area contributed by atoms with E-state index in [0.29, 0.717) is 3.44 Å². The predicted octanol–water partition coefficient (Wildman–Crippen LogP) is 1.47. The van der Waals surface area contributed by atoms with Gasteiger partial charge in [-0.3, -0.25) is 0 Å². The molecule has 0 aliphatic carbocycles. The van der Waals surface area contributed by atoms with Crippen LogP contribution in [-0.4, -0.2) is 15.8 Å². The fourth-order valence-corrected chi connectivity index (χ4v) is 1.92. The number of halogens is 1. The van der Waals surface area contributed by atoms with Gasteiger partial charge in [0.2, 0.25) is 0 Å². The van der Waals surface area contributed by atoms with Crippen molar-refractivity contribution in [2.24, 2.45) is 0 Å². The first-order chi connectivity index (χ1) is 2.89. The molecule has 1 saturated heterocycles. The van der Waals surface area contributed by atoms with E-state index in [2.05, 4.69) is 22.6 Å². The fourth-order valence-electron chi connectivity index (χ4n) is 0.330. The number of hydrogen-bond donors (Lipinski definition) is 0. The molecule has 0 saturated carbocycles. The summed E-state index contributed by atoms with van der Waals surface area (Å²) in [5, 5.41) is 0. The van der Waals surface area contributed by atoms with Gasteiger partial charge in [0, 0.05) is 5.75 Å². The summed E-state index contributed by atoms with van der Waals surface area (Å²) in [6.45, 7) is 0.943. The average Bonchev–Trinajstić information content (AvgIpc) is 1.86. The average molecular weight is 216 g/mol. The van der Waals surface area contributed by atoms with Crippen LogP contribution in [0.3, 0.4) is 0 Å². The number of thioether (sulfide) groups is 1. The molecule has 0 spiro atoms. The summed E-state index contributed by atoms with van der Waals surface area (Å²) in [6, 6.07) is 0. The Bertz CT molecular complexity index is 44.1. The van der Waals surface area contributed by atoms with Crippen LogP contribution in [0.4, 0.5) is 0 Å². The summed E-state index contributed by atoms with van der Waals surface area (Å²) in [6.07, 6.45) is 0. The molecule has 1 rings (SSSR count). The Morgan fingerprint density at radius 3 is 2.83 bits per heavy atom. The van der Waals surface area contributed by atoms with Crippen molar-refractivity contribution in [1.82, 2.24) is 0 Å². The SMILES string of the molecule is IC1OCCS1. The Morgan fingerprint density at radius 2 is 2.67 bits per heavy atom. The first-order valence-electron chi connectivity index (χ1n) is 1.77. The molecule has 1 unspecified atom stereocenters. The molecule has 1 atom stereocenters. The molecule has 1 heterocycles. The van der Waals surface area contributed by atoms with E-state index >= 15 is 0 Å². The van der Waals surface area contributed by atoms with Crippen LogP contribution in [0.1, 0.15) is 0 Å². The van der Waals surface area contributed by atoms with Gasteiger partial charge in [0.15, 0.2) is 3.44 Å². The molecular weight excluding hydrogens is 211 g/mol. The highest BCUT2D eigenvalue weighted by atomic mass is 127. The molecule has 1 aliphatic heterocycles. The van der Waals surface area contributed by atoms with Crippen LogP contribution in [0, 0.1) is 0 Å². The van der Waals surface area contributed by atoms with Crippen LogP contribution in [0.15, 0.2) is 0 Å². The van der Waals surface area contributed by atoms with Gasteiger partial charge in [-0.2, -0.15) is 0 Å². The zero-order chi connectivity index (χ0) is 4.41. The van der Waals surface area contributed by atoms with E-state index in [0.717, 1.165) is 6.61 Å². The van der Waals surface area contributed by atoms with Crippen molar-refractivity contribution in [2.75, 3.05) is 12.4 Å². The monoisotopic (exact) mass is 216 g/mol. The van der Waals surface area contributed by atoms with E-state index in [1.807, 2.05) is 11.8 Å². The van der Waals surface area contributed by atoms with E-state index in [1.54, 1.807) is 0 Å². The second-order valence-corrected chi connectivity index (χ2v) is 4.16. The van der Waals surface area contributed by atoms with E-state index in [1.165, 1.54) is 5.75 Å². The Kier molecular flexibility index (Phi) is 2.05. The number of alkyl halides is 1. The molecular formula is C3H5IOS. The van der Waals surface area contributed by atoms with Gasteiger partial charge in [-0.05, 0) is 22.6 Å².